The minimum atomic E-state index is 0.285. The van der Waals surface area contributed by atoms with Gasteiger partial charge in [0, 0.05) is 44.5 Å². The predicted molar refractivity (Wildman–Crippen MR) is 71.2 cm³/mol. The predicted octanol–water partition coefficient (Wildman–Crippen LogP) is 1.22. The van der Waals surface area contributed by atoms with Crippen LogP contribution in [0.1, 0.15) is 25.3 Å². The smallest absolute Gasteiger partial charge is 0.222 e. The van der Waals surface area contributed by atoms with Crippen LogP contribution in [0.4, 0.5) is 0 Å². The van der Waals surface area contributed by atoms with Gasteiger partial charge in [-0.3, -0.25) is 9.78 Å². The highest BCUT2D eigenvalue weighted by Crippen LogP contribution is 2.09. The molecule has 1 unspecified atom stereocenters. The number of carbonyl (C=O) groups excluding carboxylic acids is 1. The normalized spacial score (nSPS) is 19.8. The van der Waals surface area contributed by atoms with E-state index in [2.05, 4.69) is 23.3 Å². The van der Waals surface area contributed by atoms with Crippen molar-refractivity contribution in [3.05, 3.63) is 30.1 Å². The zero-order valence-corrected chi connectivity index (χ0v) is 10.9. The molecule has 4 nitrogen and oxygen atoms in total. The first-order valence-corrected chi connectivity index (χ1v) is 6.66. The van der Waals surface area contributed by atoms with Crippen molar-refractivity contribution in [3.8, 4) is 0 Å². The van der Waals surface area contributed by atoms with Gasteiger partial charge in [0.05, 0.1) is 0 Å². The second kappa shape index (κ2) is 6.50. The lowest BCUT2D eigenvalue weighted by Gasteiger charge is -2.34. The summed E-state index contributed by atoms with van der Waals surface area (Å²) in [6.45, 7) is 4.77. The van der Waals surface area contributed by atoms with E-state index in [1.807, 2.05) is 17.2 Å². The maximum absolute atomic E-state index is 12.1. The number of pyridine rings is 1. The fourth-order valence-corrected chi connectivity index (χ4v) is 2.34. The van der Waals surface area contributed by atoms with E-state index in [0.717, 1.165) is 32.5 Å². The summed E-state index contributed by atoms with van der Waals surface area (Å²) < 4.78 is 0. The molecular weight excluding hydrogens is 226 g/mol. The van der Waals surface area contributed by atoms with Crippen molar-refractivity contribution < 1.29 is 4.79 Å². The van der Waals surface area contributed by atoms with Crippen LogP contribution in [0.25, 0.3) is 0 Å². The quantitative estimate of drug-likeness (QED) is 0.870. The first-order chi connectivity index (χ1) is 8.77. The molecule has 1 fully saturated rings. The van der Waals surface area contributed by atoms with E-state index in [9.17, 15) is 4.79 Å². The lowest BCUT2D eigenvalue weighted by molar-refractivity contribution is -0.134. The molecule has 1 aliphatic rings. The molecule has 1 saturated heterocycles. The Balaban J connectivity index is 1.74. The van der Waals surface area contributed by atoms with Crippen molar-refractivity contribution in [2.45, 2.75) is 32.2 Å². The van der Waals surface area contributed by atoms with Crippen LogP contribution in [-0.2, 0) is 11.2 Å². The first-order valence-electron chi connectivity index (χ1n) is 6.66. The van der Waals surface area contributed by atoms with E-state index in [1.165, 1.54) is 5.56 Å². The molecule has 0 aliphatic carbocycles. The van der Waals surface area contributed by atoms with Crippen LogP contribution in [0, 0.1) is 0 Å². The van der Waals surface area contributed by atoms with Gasteiger partial charge in [-0.2, -0.15) is 0 Å². The largest absolute Gasteiger partial charge is 0.337 e. The number of piperazine rings is 1. The molecule has 1 aromatic heterocycles. The van der Waals surface area contributed by atoms with E-state index in [-0.39, 0.29) is 5.91 Å². The third-order valence-electron chi connectivity index (χ3n) is 3.40. The first kappa shape index (κ1) is 13.0. The van der Waals surface area contributed by atoms with Gasteiger partial charge in [0.2, 0.25) is 5.91 Å². The molecule has 18 heavy (non-hydrogen) atoms. The number of nitrogens with one attached hydrogen (secondary N) is 1. The lowest BCUT2D eigenvalue weighted by atomic mass is 10.1. The Morgan fingerprint density at radius 2 is 2.50 bits per heavy atom. The molecule has 2 rings (SSSR count). The molecule has 1 atom stereocenters. The minimum Gasteiger partial charge on any atom is -0.337 e. The zero-order chi connectivity index (χ0) is 12.8. The lowest BCUT2D eigenvalue weighted by Crippen LogP contribution is -2.52. The summed E-state index contributed by atoms with van der Waals surface area (Å²) in [7, 11) is 0. The van der Waals surface area contributed by atoms with Crippen molar-refractivity contribution in [2.24, 2.45) is 0 Å². The number of aryl methyl sites for hydroxylation is 1. The van der Waals surface area contributed by atoms with Gasteiger partial charge in [-0.05, 0) is 31.4 Å². The number of nitrogens with zero attached hydrogens (tertiary/aromatic N) is 2. The molecule has 1 aromatic rings. The highest BCUT2D eigenvalue weighted by molar-refractivity contribution is 5.76. The fraction of sp³-hybridized carbons (Fsp3) is 0.571. The number of rotatable bonds is 4. The Kier molecular flexibility index (Phi) is 4.70. The number of amides is 1. The van der Waals surface area contributed by atoms with E-state index < -0.39 is 0 Å². The zero-order valence-electron chi connectivity index (χ0n) is 10.9. The van der Waals surface area contributed by atoms with Crippen LogP contribution in [0.2, 0.25) is 0 Å². The number of hydrogen-bond donors (Lipinski definition) is 1. The minimum absolute atomic E-state index is 0.285. The average molecular weight is 247 g/mol. The topological polar surface area (TPSA) is 45.2 Å². The van der Waals surface area contributed by atoms with Crippen LogP contribution in [0.5, 0.6) is 0 Å². The van der Waals surface area contributed by atoms with E-state index >= 15 is 0 Å². The fourth-order valence-electron chi connectivity index (χ4n) is 2.34. The van der Waals surface area contributed by atoms with E-state index in [1.54, 1.807) is 6.20 Å². The van der Waals surface area contributed by atoms with Crippen molar-refractivity contribution in [3.63, 3.8) is 0 Å². The Morgan fingerprint density at radius 1 is 1.61 bits per heavy atom. The molecule has 0 radical (unpaired) electrons. The molecular formula is C14H21N3O. The second-order valence-electron chi connectivity index (χ2n) is 4.86. The summed E-state index contributed by atoms with van der Waals surface area (Å²) in [6, 6.07) is 4.32. The Hall–Kier alpha value is -1.42. The van der Waals surface area contributed by atoms with Gasteiger partial charge in [0.15, 0.2) is 0 Å². The average Bonchev–Trinajstić information content (AvgIpc) is 2.40. The summed E-state index contributed by atoms with van der Waals surface area (Å²) in [5, 5.41) is 3.30. The van der Waals surface area contributed by atoms with Crippen LogP contribution in [-0.4, -0.2) is 41.5 Å². The Morgan fingerprint density at radius 3 is 3.22 bits per heavy atom. The van der Waals surface area contributed by atoms with Gasteiger partial charge in [-0.15, -0.1) is 0 Å². The van der Waals surface area contributed by atoms with Crippen molar-refractivity contribution >= 4 is 5.91 Å². The van der Waals surface area contributed by atoms with E-state index in [0.29, 0.717) is 12.5 Å². The van der Waals surface area contributed by atoms with Gasteiger partial charge in [-0.1, -0.05) is 6.07 Å². The van der Waals surface area contributed by atoms with Gasteiger partial charge in [0.25, 0.3) is 0 Å². The molecule has 0 bridgehead atoms. The third kappa shape index (κ3) is 3.53. The standard InChI is InChI=1S/C14H21N3O/c1-12-10-16-8-9-17(12)14(18)6-2-4-13-5-3-7-15-11-13/h3,5,7,11-12,16H,2,4,6,8-10H2,1H3. The van der Waals surface area contributed by atoms with Gasteiger partial charge >= 0.3 is 0 Å². The molecule has 98 valence electrons. The van der Waals surface area contributed by atoms with Crippen molar-refractivity contribution in [2.75, 3.05) is 19.6 Å². The second-order valence-corrected chi connectivity index (χ2v) is 4.86. The Labute approximate surface area is 108 Å². The number of carbonyl (C=O) groups is 1. The molecule has 0 saturated carbocycles. The SMILES string of the molecule is CC1CNCCN1C(=O)CCCc1cccnc1. The third-order valence-corrected chi connectivity index (χ3v) is 3.40. The summed E-state index contributed by atoms with van der Waals surface area (Å²) in [4.78, 5) is 18.2. The summed E-state index contributed by atoms with van der Waals surface area (Å²) in [5.74, 6) is 0.285. The monoisotopic (exact) mass is 247 g/mol. The van der Waals surface area contributed by atoms with Gasteiger partial charge in [-0.25, -0.2) is 0 Å². The van der Waals surface area contributed by atoms with Crippen LogP contribution >= 0.6 is 0 Å². The number of aromatic nitrogens is 1. The van der Waals surface area contributed by atoms with Crippen molar-refractivity contribution in [1.29, 1.82) is 0 Å². The maximum atomic E-state index is 12.1. The molecule has 4 heteroatoms. The van der Waals surface area contributed by atoms with E-state index in [4.69, 9.17) is 0 Å². The molecule has 1 N–H and O–H groups in total. The molecule has 0 aromatic carbocycles. The van der Waals surface area contributed by atoms with Gasteiger partial charge < -0.3 is 10.2 Å². The Bertz CT molecular complexity index is 380. The molecule has 1 aliphatic heterocycles. The highest BCUT2D eigenvalue weighted by Gasteiger charge is 2.22. The van der Waals surface area contributed by atoms with Gasteiger partial charge in [0.1, 0.15) is 0 Å². The van der Waals surface area contributed by atoms with Crippen LogP contribution in [0.3, 0.4) is 0 Å². The van der Waals surface area contributed by atoms with Crippen molar-refractivity contribution in [1.82, 2.24) is 15.2 Å². The summed E-state index contributed by atoms with van der Waals surface area (Å²) >= 11 is 0. The number of hydrogen-bond acceptors (Lipinski definition) is 3. The maximum Gasteiger partial charge on any atom is 0.222 e. The molecule has 0 spiro atoms. The molecule has 2 heterocycles. The highest BCUT2D eigenvalue weighted by atomic mass is 16.2. The van der Waals surface area contributed by atoms with Crippen LogP contribution in [0.15, 0.2) is 24.5 Å². The summed E-state index contributed by atoms with van der Waals surface area (Å²) in [5.41, 5.74) is 1.21. The van der Waals surface area contributed by atoms with Crippen LogP contribution < -0.4 is 5.32 Å². The summed E-state index contributed by atoms with van der Waals surface area (Å²) in [6.07, 6.45) is 6.12. The molecule has 1 amide bonds.